The smallest absolute Gasteiger partial charge is 0.238 e. The molecule has 0 bridgehead atoms. The molecule has 0 unspecified atom stereocenters. The molecular formula is C27H22N4O5S2. The number of primary sulfonamides is 1. The average molecular weight is 547 g/mol. The van der Waals surface area contributed by atoms with Crippen LogP contribution in [-0.2, 0) is 16.8 Å². The number of allylic oxidation sites excluding steroid dienone is 1. The zero-order valence-electron chi connectivity index (χ0n) is 20.1. The van der Waals surface area contributed by atoms with Gasteiger partial charge < -0.3 is 9.47 Å². The molecule has 0 amide bonds. The van der Waals surface area contributed by atoms with Gasteiger partial charge in [0.25, 0.3) is 0 Å². The molecule has 38 heavy (non-hydrogen) atoms. The van der Waals surface area contributed by atoms with Crippen LogP contribution in [-0.4, -0.2) is 36.3 Å². The van der Waals surface area contributed by atoms with Crippen LogP contribution < -0.4 is 14.6 Å². The monoisotopic (exact) mass is 546 g/mol. The molecule has 0 fully saturated rings. The van der Waals surface area contributed by atoms with Crippen molar-refractivity contribution in [2.24, 2.45) is 5.14 Å². The number of ketones is 1. The number of hydrogen-bond acceptors (Lipinski definition) is 8. The first kappa shape index (κ1) is 25.3. The van der Waals surface area contributed by atoms with Crippen molar-refractivity contribution in [3.05, 3.63) is 95.4 Å². The summed E-state index contributed by atoms with van der Waals surface area (Å²) in [6.45, 7) is 0.0891. The molecule has 192 valence electrons. The Balaban J connectivity index is 1.48. The molecule has 3 aromatic carbocycles. The highest BCUT2D eigenvalue weighted by molar-refractivity contribution is 7.89. The minimum absolute atomic E-state index is 0.0647. The van der Waals surface area contributed by atoms with Crippen LogP contribution in [0.2, 0.25) is 0 Å². The van der Waals surface area contributed by atoms with Gasteiger partial charge in [0.2, 0.25) is 10.0 Å². The third kappa shape index (κ3) is 5.35. The summed E-state index contributed by atoms with van der Waals surface area (Å²) >= 11 is 1.56. The lowest BCUT2D eigenvalue weighted by atomic mass is 10.0. The van der Waals surface area contributed by atoms with Crippen LogP contribution in [0.5, 0.6) is 11.5 Å². The van der Waals surface area contributed by atoms with E-state index < -0.39 is 10.0 Å². The Morgan fingerprint density at radius 2 is 1.84 bits per heavy atom. The standard InChI is InChI=1S/C27H22N4O5S2/c1-35-26-16-25(36-17-31-23-6-3-2-5-22(23)29-30-31)19(15-21(26)27-7-4-14-37-27)10-13-24(32)18-8-11-20(12-9-18)38(28,33)34/h2-16H,17H2,1H3,(H2,28,33,34). The molecule has 0 aliphatic heterocycles. The lowest BCUT2D eigenvalue weighted by Crippen LogP contribution is -2.12. The van der Waals surface area contributed by atoms with Gasteiger partial charge >= 0.3 is 0 Å². The summed E-state index contributed by atoms with van der Waals surface area (Å²) in [7, 11) is -2.26. The van der Waals surface area contributed by atoms with Gasteiger partial charge in [-0.1, -0.05) is 23.4 Å². The fraction of sp³-hybridized carbons (Fsp3) is 0.0741. The maximum absolute atomic E-state index is 12.9. The number of aromatic nitrogens is 3. The molecule has 11 heteroatoms. The number of benzene rings is 3. The Labute approximate surface area is 222 Å². The molecule has 2 N–H and O–H groups in total. The van der Waals surface area contributed by atoms with E-state index in [1.807, 2.05) is 47.8 Å². The number of methoxy groups -OCH3 is 1. The van der Waals surface area contributed by atoms with Gasteiger partial charge in [0.15, 0.2) is 12.5 Å². The molecule has 5 aromatic rings. The van der Waals surface area contributed by atoms with Crippen LogP contribution in [0, 0.1) is 0 Å². The SMILES string of the molecule is COc1cc(OCn2nnc3ccccc32)c(C=CC(=O)c2ccc(S(N)(=O)=O)cc2)cc1-c1cccs1. The van der Waals surface area contributed by atoms with Crippen molar-refractivity contribution < 1.29 is 22.7 Å². The fourth-order valence-electron chi connectivity index (χ4n) is 3.84. The number of hydrogen-bond donors (Lipinski definition) is 1. The van der Waals surface area contributed by atoms with Crippen LogP contribution in [0.1, 0.15) is 15.9 Å². The van der Waals surface area contributed by atoms with E-state index in [-0.39, 0.29) is 17.4 Å². The number of carbonyl (C=O) groups excluding carboxylic acids is 1. The van der Waals surface area contributed by atoms with Gasteiger partial charge in [-0.3, -0.25) is 4.79 Å². The Morgan fingerprint density at radius 1 is 1.05 bits per heavy atom. The van der Waals surface area contributed by atoms with E-state index in [1.54, 1.807) is 35.3 Å². The van der Waals surface area contributed by atoms with E-state index in [2.05, 4.69) is 10.3 Å². The largest absolute Gasteiger partial charge is 0.496 e. The van der Waals surface area contributed by atoms with Gasteiger partial charge in [0.05, 0.1) is 17.5 Å². The summed E-state index contributed by atoms with van der Waals surface area (Å²) in [5.74, 6) is 0.788. The van der Waals surface area contributed by atoms with Crippen LogP contribution in [0.25, 0.3) is 27.6 Å². The van der Waals surface area contributed by atoms with Gasteiger partial charge in [0.1, 0.15) is 17.0 Å². The quantitative estimate of drug-likeness (QED) is 0.209. The van der Waals surface area contributed by atoms with E-state index >= 15 is 0 Å². The van der Waals surface area contributed by atoms with Crippen molar-refractivity contribution >= 4 is 44.3 Å². The van der Waals surface area contributed by atoms with E-state index in [0.717, 1.165) is 21.5 Å². The maximum Gasteiger partial charge on any atom is 0.238 e. The summed E-state index contributed by atoms with van der Waals surface area (Å²) in [4.78, 5) is 13.8. The van der Waals surface area contributed by atoms with Crippen LogP contribution in [0.15, 0.2) is 89.1 Å². The van der Waals surface area contributed by atoms with E-state index in [0.29, 0.717) is 22.6 Å². The molecule has 0 atom stereocenters. The summed E-state index contributed by atoms with van der Waals surface area (Å²) < 4.78 is 36.4. The van der Waals surface area contributed by atoms with Crippen molar-refractivity contribution in [2.75, 3.05) is 7.11 Å². The highest BCUT2D eigenvalue weighted by atomic mass is 32.2. The zero-order chi connectivity index (χ0) is 26.7. The summed E-state index contributed by atoms with van der Waals surface area (Å²) in [5, 5.41) is 15.4. The topological polar surface area (TPSA) is 126 Å². The van der Waals surface area contributed by atoms with Gasteiger partial charge in [-0.05, 0) is 66.1 Å². The molecule has 0 radical (unpaired) electrons. The molecule has 2 aromatic heterocycles. The number of nitrogens with zero attached hydrogens (tertiary/aromatic N) is 3. The number of fused-ring (bicyclic) bond motifs is 1. The number of nitrogens with two attached hydrogens (primary N) is 1. The molecule has 0 aliphatic carbocycles. The first-order chi connectivity index (χ1) is 18.3. The average Bonchev–Trinajstić information content (AvgIpc) is 3.60. The van der Waals surface area contributed by atoms with Crippen molar-refractivity contribution in [2.45, 2.75) is 11.6 Å². The minimum Gasteiger partial charge on any atom is -0.496 e. The number of ether oxygens (including phenoxy) is 2. The Kier molecular flexibility index (Phi) is 7.05. The van der Waals surface area contributed by atoms with Crippen LogP contribution >= 0.6 is 11.3 Å². The second-order valence-corrected chi connectivity index (χ2v) is 10.7. The van der Waals surface area contributed by atoms with E-state index in [1.165, 1.54) is 30.3 Å². The normalized spacial score (nSPS) is 11.7. The number of rotatable bonds is 9. The number of thiophene rings is 1. The van der Waals surface area contributed by atoms with Crippen molar-refractivity contribution in [1.29, 1.82) is 0 Å². The molecular weight excluding hydrogens is 524 g/mol. The summed E-state index contributed by atoms with van der Waals surface area (Å²) in [5.41, 5.74) is 3.39. The number of para-hydroxylation sites is 1. The molecule has 2 heterocycles. The first-order valence-corrected chi connectivity index (χ1v) is 13.8. The maximum atomic E-state index is 12.9. The molecule has 0 spiro atoms. The Bertz CT molecular complexity index is 1740. The van der Waals surface area contributed by atoms with Crippen molar-refractivity contribution in [3.8, 4) is 21.9 Å². The second-order valence-electron chi connectivity index (χ2n) is 8.19. The third-order valence-electron chi connectivity index (χ3n) is 5.76. The lowest BCUT2D eigenvalue weighted by molar-refractivity contribution is 0.104. The molecule has 9 nitrogen and oxygen atoms in total. The lowest BCUT2D eigenvalue weighted by Gasteiger charge is -2.14. The zero-order valence-corrected chi connectivity index (χ0v) is 21.8. The molecule has 5 rings (SSSR count). The highest BCUT2D eigenvalue weighted by Crippen LogP contribution is 2.39. The van der Waals surface area contributed by atoms with E-state index in [4.69, 9.17) is 14.6 Å². The predicted molar refractivity (Wildman–Crippen MR) is 146 cm³/mol. The summed E-state index contributed by atoms with van der Waals surface area (Å²) in [6.07, 6.45) is 3.06. The van der Waals surface area contributed by atoms with Crippen molar-refractivity contribution in [3.63, 3.8) is 0 Å². The predicted octanol–water partition coefficient (Wildman–Crippen LogP) is 4.75. The molecule has 0 aliphatic rings. The minimum atomic E-state index is -3.85. The molecule has 0 saturated heterocycles. The van der Waals surface area contributed by atoms with Crippen LogP contribution in [0.3, 0.4) is 0 Å². The molecule has 0 saturated carbocycles. The highest BCUT2D eigenvalue weighted by Gasteiger charge is 2.15. The first-order valence-electron chi connectivity index (χ1n) is 11.4. The van der Waals surface area contributed by atoms with Crippen molar-refractivity contribution in [1.82, 2.24) is 15.0 Å². The number of sulfonamides is 1. The Hall–Kier alpha value is -4.32. The third-order valence-corrected chi connectivity index (χ3v) is 7.60. The van der Waals surface area contributed by atoms with E-state index in [9.17, 15) is 13.2 Å². The van der Waals surface area contributed by atoms with Gasteiger partial charge in [0, 0.05) is 27.6 Å². The number of carbonyl (C=O) groups is 1. The Morgan fingerprint density at radius 3 is 2.55 bits per heavy atom. The second kappa shape index (κ2) is 10.6. The van der Waals surface area contributed by atoms with Crippen LogP contribution in [0.4, 0.5) is 0 Å². The van der Waals surface area contributed by atoms with Gasteiger partial charge in [-0.2, -0.15) is 0 Å². The fourth-order valence-corrected chi connectivity index (χ4v) is 5.10. The summed E-state index contributed by atoms with van der Waals surface area (Å²) in [6, 6.07) is 20.6. The van der Waals surface area contributed by atoms with Gasteiger partial charge in [-0.25, -0.2) is 18.2 Å². The van der Waals surface area contributed by atoms with Gasteiger partial charge in [-0.15, -0.1) is 16.4 Å².